The molecule has 0 unspecified atom stereocenters. The van der Waals surface area contributed by atoms with Crippen molar-refractivity contribution in [1.82, 2.24) is 9.55 Å². The summed E-state index contributed by atoms with van der Waals surface area (Å²) in [4.78, 5) is 39.1. The highest BCUT2D eigenvalue weighted by Gasteiger charge is 2.51. The Kier molecular flexibility index (Phi) is 7.55. The Hall–Kier alpha value is -2.51. The molecular formula is C17H25N3O9S. The first-order valence-electron chi connectivity index (χ1n) is 9.14. The Balaban J connectivity index is 2.53. The van der Waals surface area contributed by atoms with Gasteiger partial charge in [-0.15, -0.1) is 0 Å². The summed E-state index contributed by atoms with van der Waals surface area (Å²) < 4.78 is 45.6. The second-order valence-electron chi connectivity index (χ2n) is 6.80. The molecule has 0 saturated carbocycles. The van der Waals surface area contributed by atoms with Crippen LogP contribution in [0.2, 0.25) is 0 Å². The highest BCUT2D eigenvalue weighted by molar-refractivity contribution is 7.86. The van der Waals surface area contributed by atoms with Gasteiger partial charge in [0, 0.05) is 25.6 Å². The minimum atomic E-state index is -4.02. The molecule has 0 amide bonds. The number of carbonyl (C=O) groups is 2. The molecule has 1 saturated heterocycles. The van der Waals surface area contributed by atoms with Crippen LogP contribution < -0.4 is 11.4 Å². The van der Waals surface area contributed by atoms with Crippen molar-refractivity contribution in [1.29, 1.82) is 0 Å². The van der Waals surface area contributed by atoms with Crippen molar-refractivity contribution in [3.8, 4) is 0 Å². The minimum absolute atomic E-state index is 0.0560. The fourth-order valence-electron chi connectivity index (χ4n) is 3.07. The third-order valence-electron chi connectivity index (χ3n) is 4.18. The predicted molar refractivity (Wildman–Crippen MR) is 103 cm³/mol. The molecule has 168 valence electrons. The molecule has 1 fully saturated rings. The van der Waals surface area contributed by atoms with Crippen molar-refractivity contribution in [2.75, 3.05) is 18.6 Å². The predicted octanol–water partition coefficient (Wildman–Crippen LogP) is -0.485. The molecule has 2 rings (SSSR count). The van der Waals surface area contributed by atoms with Gasteiger partial charge in [-0.25, -0.2) is 4.79 Å². The Morgan fingerprint density at radius 1 is 1.27 bits per heavy atom. The van der Waals surface area contributed by atoms with E-state index < -0.39 is 52.3 Å². The average molecular weight is 447 g/mol. The fraction of sp³-hybridized carbons (Fsp3) is 0.647. The largest absolute Gasteiger partial charge is 0.463 e. The zero-order valence-electron chi connectivity index (χ0n) is 17.1. The molecule has 0 radical (unpaired) electrons. The standard InChI is InChI=1S/C17H25N3O9S/c1-5-6-11-7-20(17(23)19-15(11)18)16-14(27-10(3)22)13(29-30(4,24)25)12(28-16)8-26-9(2)21/h7,12-14,16H,5-6,8H2,1-4H3,(H2,18,19,23)/t12-,13+,14-,16-/m1/s1. The molecule has 1 aromatic rings. The van der Waals surface area contributed by atoms with Gasteiger partial charge in [-0.1, -0.05) is 13.3 Å². The van der Waals surface area contributed by atoms with E-state index in [9.17, 15) is 22.8 Å². The van der Waals surface area contributed by atoms with Crippen molar-refractivity contribution in [2.24, 2.45) is 0 Å². The van der Waals surface area contributed by atoms with E-state index in [2.05, 4.69) is 4.98 Å². The highest BCUT2D eigenvalue weighted by atomic mass is 32.2. The molecule has 0 aliphatic carbocycles. The van der Waals surface area contributed by atoms with Crippen molar-refractivity contribution in [3.05, 3.63) is 22.2 Å². The van der Waals surface area contributed by atoms with Gasteiger partial charge in [-0.3, -0.25) is 18.3 Å². The van der Waals surface area contributed by atoms with Crippen molar-refractivity contribution >= 4 is 27.9 Å². The van der Waals surface area contributed by atoms with E-state index in [-0.39, 0.29) is 12.4 Å². The number of anilines is 1. The van der Waals surface area contributed by atoms with Gasteiger partial charge in [-0.05, 0) is 6.42 Å². The molecular weight excluding hydrogens is 422 g/mol. The van der Waals surface area contributed by atoms with Gasteiger partial charge >= 0.3 is 17.6 Å². The lowest BCUT2D eigenvalue weighted by Gasteiger charge is -2.24. The smallest absolute Gasteiger partial charge is 0.351 e. The lowest BCUT2D eigenvalue weighted by Crippen LogP contribution is -2.42. The van der Waals surface area contributed by atoms with Crippen LogP contribution in [0.4, 0.5) is 5.82 Å². The number of aromatic nitrogens is 2. The molecule has 2 heterocycles. The van der Waals surface area contributed by atoms with Crippen molar-refractivity contribution in [2.45, 2.75) is 58.2 Å². The van der Waals surface area contributed by atoms with Crippen LogP contribution in [-0.4, -0.2) is 61.1 Å². The second kappa shape index (κ2) is 9.53. The van der Waals surface area contributed by atoms with Gasteiger partial charge in [0.15, 0.2) is 12.3 Å². The third-order valence-corrected chi connectivity index (χ3v) is 4.75. The molecule has 1 aliphatic heterocycles. The number of rotatable bonds is 8. The normalized spacial score (nSPS) is 23.9. The number of esters is 2. The van der Waals surface area contributed by atoms with Crippen LogP contribution in [0.15, 0.2) is 11.0 Å². The monoisotopic (exact) mass is 447 g/mol. The summed E-state index contributed by atoms with van der Waals surface area (Å²) in [6.45, 7) is 3.80. The summed E-state index contributed by atoms with van der Waals surface area (Å²) in [6, 6.07) is 0. The van der Waals surface area contributed by atoms with Crippen LogP contribution in [0, 0.1) is 0 Å². The van der Waals surface area contributed by atoms with Gasteiger partial charge < -0.3 is 19.9 Å². The quantitative estimate of drug-likeness (QED) is 0.404. The molecule has 0 bridgehead atoms. The van der Waals surface area contributed by atoms with E-state index in [0.29, 0.717) is 12.0 Å². The number of hydrogen-bond acceptors (Lipinski definition) is 11. The molecule has 0 aromatic carbocycles. The first kappa shape index (κ1) is 23.8. The molecule has 13 heteroatoms. The van der Waals surface area contributed by atoms with Crippen LogP contribution >= 0.6 is 0 Å². The molecule has 1 aliphatic rings. The Bertz CT molecular complexity index is 960. The van der Waals surface area contributed by atoms with E-state index in [1.165, 1.54) is 6.20 Å². The van der Waals surface area contributed by atoms with Crippen LogP contribution in [0.5, 0.6) is 0 Å². The summed E-state index contributed by atoms with van der Waals surface area (Å²) in [5.74, 6) is -1.34. The van der Waals surface area contributed by atoms with Crippen LogP contribution in [0.1, 0.15) is 39.0 Å². The van der Waals surface area contributed by atoms with E-state index >= 15 is 0 Å². The number of nitrogen functional groups attached to an aromatic ring is 1. The van der Waals surface area contributed by atoms with Crippen molar-refractivity contribution in [3.63, 3.8) is 0 Å². The summed E-state index contributed by atoms with van der Waals surface area (Å²) in [5, 5.41) is 0. The summed E-state index contributed by atoms with van der Waals surface area (Å²) in [7, 11) is -4.02. The zero-order chi connectivity index (χ0) is 22.6. The highest BCUT2D eigenvalue weighted by Crippen LogP contribution is 2.34. The second-order valence-corrected chi connectivity index (χ2v) is 8.40. The van der Waals surface area contributed by atoms with Gasteiger partial charge in [-0.2, -0.15) is 13.4 Å². The number of ether oxygens (including phenoxy) is 3. The van der Waals surface area contributed by atoms with E-state index in [0.717, 1.165) is 31.1 Å². The molecule has 0 spiro atoms. The number of carbonyl (C=O) groups excluding carboxylic acids is 2. The van der Waals surface area contributed by atoms with E-state index in [4.69, 9.17) is 24.1 Å². The lowest BCUT2D eigenvalue weighted by molar-refractivity contribution is -0.155. The molecule has 4 atom stereocenters. The van der Waals surface area contributed by atoms with Crippen molar-refractivity contribution < 1.29 is 36.4 Å². The van der Waals surface area contributed by atoms with Gasteiger partial charge in [0.05, 0.1) is 6.26 Å². The van der Waals surface area contributed by atoms with E-state index in [1.807, 2.05) is 6.92 Å². The number of nitrogens with two attached hydrogens (primary N) is 1. The lowest BCUT2D eigenvalue weighted by atomic mass is 10.1. The maximum absolute atomic E-state index is 12.5. The fourth-order valence-corrected chi connectivity index (χ4v) is 3.70. The first-order chi connectivity index (χ1) is 13.9. The van der Waals surface area contributed by atoms with Gasteiger partial charge in [0.25, 0.3) is 10.1 Å². The molecule has 1 aromatic heterocycles. The van der Waals surface area contributed by atoms with Crippen LogP contribution in [0.25, 0.3) is 0 Å². The number of nitrogens with zero attached hydrogens (tertiary/aromatic N) is 2. The SMILES string of the molecule is CCCc1cn([C@@H]2O[C@H](COC(C)=O)[C@H](OS(C)(=O)=O)[C@H]2OC(C)=O)c(=O)nc1N. The molecule has 2 N–H and O–H groups in total. The van der Waals surface area contributed by atoms with E-state index in [1.54, 1.807) is 0 Å². The number of hydrogen-bond donors (Lipinski definition) is 1. The summed E-state index contributed by atoms with van der Waals surface area (Å²) in [6.07, 6.45) is -1.66. The topological polar surface area (TPSA) is 166 Å². The minimum Gasteiger partial charge on any atom is -0.463 e. The van der Waals surface area contributed by atoms with Gasteiger partial charge in [0.1, 0.15) is 24.6 Å². The third kappa shape index (κ3) is 6.00. The first-order valence-corrected chi connectivity index (χ1v) is 11.0. The van der Waals surface area contributed by atoms with Crippen LogP contribution in [0.3, 0.4) is 0 Å². The molecule has 30 heavy (non-hydrogen) atoms. The maximum atomic E-state index is 12.5. The van der Waals surface area contributed by atoms with Gasteiger partial charge in [0.2, 0.25) is 0 Å². The maximum Gasteiger partial charge on any atom is 0.351 e. The Morgan fingerprint density at radius 2 is 1.93 bits per heavy atom. The van der Waals surface area contributed by atoms with Crippen LogP contribution in [-0.2, 0) is 44.5 Å². The summed E-state index contributed by atoms with van der Waals surface area (Å²) >= 11 is 0. The Morgan fingerprint density at radius 3 is 2.47 bits per heavy atom. The Labute approximate surface area is 173 Å². The zero-order valence-corrected chi connectivity index (χ0v) is 17.9. The summed E-state index contributed by atoms with van der Waals surface area (Å²) in [5.41, 5.74) is 5.57. The average Bonchev–Trinajstić information content (AvgIpc) is 2.91. The molecule has 12 nitrogen and oxygen atoms in total. The number of aryl methyl sites for hydroxylation is 1.